The number of ketones is 1. The molecule has 1 aromatic rings. The number of methoxy groups -OCH3 is 1. The lowest BCUT2D eigenvalue weighted by atomic mass is 10.1. The van der Waals surface area contributed by atoms with Gasteiger partial charge in [-0.2, -0.15) is 0 Å². The summed E-state index contributed by atoms with van der Waals surface area (Å²) >= 11 is 3.39. The summed E-state index contributed by atoms with van der Waals surface area (Å²) in [5.41, 5.74) is 6.35. The van der Waals surface area contributed by atoms with Crippen molar-refractivity contribution >= 4 is 21.7 Å². The van der Waals surface area contributed by atoms with E-state index in [0.29, 0.717) is 19.4 Å². The SMILES string of the molecule is COc1ccc(CC(=O)CCCN)cc1Br. The van der Waals surface area contributed by atoms with Crippen LogP contribution in [-0.2, 0) is 11.2 Å². The van der Waals surface area contributed by atoms with Crippen molar-refractivity contribution < 1.29 is 9.53 Å². The zero-order chi connectivity index (χ0) is 12.0. The highest BCUT2D eigenvalue weighted by atomic mass is 79.9. The molecule has 0 spiro atoms. The maximum absolute atomic E-state index is 11.5. The van der Waals surface area contributed by atoms with Crippen LogP contribution in [0.2, 0.25) is 0 Å². The number of benzene rings is 1. The Balaban J connectivity index is 2.61. The average Bonchev–Trinajstić information content (AvgIpc) is 2.26. The number of carbonyl (C=O) groups is 1. The molecule has 0 aromatic heterocycles. The fourth-order valence-corrected chi connectivity index (χ4v) is 2.02. The van der Waals surface area contributed by atoms with Crippen molar-refractivity contribution in [2.24, 2.45) is 5.73 Å². The first-order valence-corrected chi connectivity index (χ1v) is 6.01. The second-order valence-corrected chi connectivity index (χ2v) is 4.43. The molecule has 0 atom stereocenters. The summed E-state index contributed by atoms with van der Waals surface area (Å²) in [5.74, 6) is 1.00. The van der Waals surface area contributed by atoms with E-state index in [1.807, 2.05) is 18.2 Å². The second-order valence-electron chi connectivity index (χ2n) is 3.58. The molecule has 4 heteroatoms. The number of carbonyl (C=O) groups excluding carboxylic acids is 1. The number of hydrogen-bond donors (Lipinski definition) is 1. The largest absolute Gasteiger partial charge is 0.496 e. The van der Waals surface area contributed by atoms with Crippen LogP contribution in [0.3, 0.4) is 0 Å². The van der Waals surface area contributed by atoms with Crippen LogP contribution in [-0.4, -0.2) is 19.4 Å². The van der Waals surface area contributed by atoms with Gasteiger partial charge in [0.1, 0.15) is 11.5 Å². The van der Waals surface area contributed by atoms with E-state index in [1.54, 1.807) is 7.11 Å². The zero-order valence-electron chi connectivity index (χ0n) is 9.33. The molecule has 0 saturated carbocycles. The molecule has 16 heavy (non-hydrogen) atoms. The number of halogens is 1. The Morgan fingerprint density at radius 3 is 2.81 bits per heavy atom. The van der Waals surface area contributed by atoms with E-state index in [2.05, 4.69) is 15.9 Å². The van der Waals surface area contributed by atoms with Crippen molar-refractivity contribution in [2.45, 2.75) is 19.3 Å². The molecule has 0 unspecified atom stereocenters. The van der Waals surface area contributed by atoms with Crippen molar-refractivity contribution in [3.05, 3.63) is 28.2 Å². The quantitative estimate of drug-likeness (QED) is 0.873. The van der Waals surface area contributed by atoms with Crippen molar-refractivity contribution in [3.63, 3.8) is 0 Å². The van der Waals surface area contributed by atoms with Gasteiger partial charge in [-0.05, 0) is 46.6 Å². The third kappa shape index (κ3) is 3.94. The number of rotatable bonds is 6. The molecule has 1 aromatic carbocycles. The lowest BCUT2D eigenvalue weighted by Gasteiger charge is -2.05. The first-order chi connectivity index (χ1) is 7.67. The zero-order valence-corrected chi connectivity index (χ0v) is 10.9. The minimum atomic E-state index is 0.225. The summed E-state index contributed by atoms with van der Waals surface area (Å²) in [7, 11) is 1.62. The first kappa shape index (κ1) is 13.2. The number of hydrogen-bond acceptors (Lipinski definition) is 3. The van der Waals surface area contributed by atoms with E-state index in [-0.39, 0.29) is 5.78 Å². The van der Waals surface area contributed by atoms with Gasteiger partial charge in [-0.25, -0.2) is 0 Å². The van der Waals surface area contributed by atoms with E-state index < -0.39 is 0 Å². The van der Waals surface area contributed by atoms with Crippen molar-refractivity contribution in [2.75, 3.05) is 13.7 Å². The summed E-state index contributed by atoms with van der Waals surface area (Å²) in [6.07, 6.45) is 1.78. The Morgan fingerprint density at radius 2 is 2.25 bits per heavy atom. The highest BCUT2D eigenvalue weighted by Gasteiger charge is 2.06. The Kier molecular flexibility index (Phi) is 5.49. The molecular formula is C12H16BrNO2. The highest BCUT2D eigenvalue weighted by molar-refractivity contribution is 9.10. The molecule has 0 aliphatic carbocycles. The van der Waals surface area contributed by atoms with Crippen LogP contribution in [0.1, 0.15) is 18.4 Å². The summed E-state index contributed by atoms with van der Waals surface area (Å²) in [6, 6.07) is 5.68. The lowest BCUT2D eigenvalue weighted by molar-refractivity contribution is -0.118. The van der Waals surface area contributed by atoms with Gasteiger partial charge in [-0.15, -0.1) is 0 Å². The first-order valence-electron chi connectivity index (χ1n) is 5.21. The van der Waals surface area contributed by atoms with Gasteiger partial charge < -0.3 is 10.5 Å². The number of nitrogens with two attached hydrogens (primary N) is 1. The van der Waals surface area contributed by atoms with Gasteiger partial charge in [0.05, 0.1) is 11.6 Å². The average molecular weight is 286 g/mol. The molecule has 0 bridgehead atoms. The van der Waals surface area contributed by atoms with Crippen LogP contribution < -0.4 is 10.5 Å². The topological polar surface area (TPSA) is 52.3 Å². The fourth-order valence-electron chi connectivity index (χ4n) is 1.44. The Bertz CT molecular complexity index is 366. The Labute approximate surface area is 104 Å². The van der Waals surface area contributed by atoms with Crippen molar-refractivity contribution in [1.29, 1.82) is 0 Å². The minimum Gasteiger partial charge on any atom is -0.496 e. The molecule has 3 nitrogen and oxygen atoms in total. The summed E-state index contributed by atoms with van der Waals surface area (Å²) in [5, 5.41) is 0. The highest BCUT2D eigenvalue weighted by Crippen LogP contribution is 2.25. The van der Waals surface area contributed by atoms with Gasteiger partial charge in [0, 0.05) is 12.8 Å². The van der Waals surface area contributed by atoms with Gasteiger partial charge in [0.15, 0.2) is 0 Å². The van der Waals surface area contributed by atoms with E-state index in [4.69, 9.17) is 10.5 Å². The second kappa shape index (κ2) is 6.66. The van der Waals surface area contributed by atoms with Crippen molar-refractivity contribution in [1.82, 2.24) is 0 Å². The van der Waals surface area contributed by atoms with E-state index in [1.165, 1.54) is 0 Å². The molecule has 0 heterocycles. The molecule has 0 saturated heterocycles. The third-order valence-electron chi connectivity index (χ3n) is 2.28. The maximum atomic E-state index is 11.5. The predicted octanol–water partition coefficient (Wildman–Crippen LogP) is 2.31. The van der Waals surface area contributed by atoms with Crippen LogP contribution >= 0.6 is 15.9 Å². The van der Waals surface area contributed by atoms with E-state index in [9.17, 15) is 4.79 Å². The number of ether oxygens (including phenoxy) is 1. The van der Waals surface area contributed by atoms with Gasteiger partial charge in [-0.1, -0.05) is 6.07 Å². The predicted molar refractivity (Wildman–Crippen MR) is 67.7 cm³/mol. The molecule has 2 N–H and O–H groups in total. The van der Waals surface area contributed by atoms with Crippen LogP contribution in [0.25, 0.3) is 0 Å². The summed E-state index contributed by atoms with van der Waals surface area (Å²) in [4.78, 5) is 11.5. The summed E-state index contributed by atoms with van der Waals surface area (Å²) < 4.78 is 6.00. The van der Waals surface area contributed by atoms with Crippen LogP contribution in [0.15, 0.2) is 22.7 Å². The third-order valence-corrected chi connectivity index (χ3v) is 2.90. The van der Waals surface area contributed by atoms with Crippen LogP contribution in [0, 0.1) is 0 Å². The maximum Gasteiger partial charge on any atom is 0.137 e. The monoisotopic (exact) mass is 285 g/mol. The van der Waals surface area contributed by atoms with Gasteiger partial charge >= 0.3 is 0 Å². The molecular weight excluding hydrogens is 270 g/mol. The van der Waals surface area contributed by atoms with Gasteiger partial charge in [0.25, 0.3) is 0 Å². The fraction of sp³-hybridized carbons (Fsp3) is 0.417. The smallest absolute Gasteiger partial charge is 0.137 e. The molecule has 88 valence electrons. The molecule has 0 fully saturated rings. The van der Waals surface area contributed by atoms with Gasteiger partial charge in [0.2, 0.25) is 0 Å². The standard InChI is InChI=1S/C12H16BrNO2/c1-16-12-5-4-9(8-11(12)13)7-10(15)3-2-6-14/h4-5,8H,2-3,6-7,14H2,1H3. The van der Waals surface area contributed by atoms with Crippen molar-refractivity contribution in [3.8, 4) is 5.75 Å². The molecule has 0 radical (unpaired) electrons. The summed E-state index contributed by atoms with van der Waals surface area (Å²) in [6.45, 7) is 0.568. The Morgan fingerprint density at radius 1 is 1.50 bits per heavy atom. The molecule has 0 amide bonds. The molecule has 1 rings (SSSR count). The minimum absolute atomic E-state index is 0.225. The van der Waals surface area contributed by atoms with Crippen LogP contribution in [0.4, 0.5) is 0 Å². The lowest BCUT2D eigenvalue weighted by Crippen LogP contribution is -2.07. The van der Waals surface area contributed by atoms with Crippen LogP contribution in [0.5, 0.6) is 5.75 Å². The normalized spacial score (nSPS) is 10.2. The van der Waals surface area contributed by atoms with Gasteiger partial charge in [-0.3, -0.25) is 4.79 Å². The molecule has 0 aliphatic rings. The van der Waals surface area contributed by atoms with E-state index in [0.717, 1.165) is 22.2 Å². The Hall–Kier alpha value is -0.870. The van der Waals surface area contributed by atoms with E-state index >= 15 is 0 Å². The number of Topliss-reactive ketones (excluding diaryl/α,β-unsaturated/α-hetero) is 1. The molecule has 0 aliphatic heterocycles.